The van der Waals surface area contributed by atoms with Gasteiger partial charge in [0.15, 0.2) is 0 Å². The molecule has 1 aromatic carbocycles. The fraction of sp³-hybridized carbons (Fsp3) is 0.591. The molecule has 0 bridgehead atoms. The van der Waals surface area contributed by atoms with Crippen LogP contribution in [0.15, 0.2) is 18.2 Å². The number of nitrogens with zero attached hydrogens (tertiary/aromatic N) is 3. The fourth-order valence-corrected chi connectivity index (χ4v) is 4.87. The van der Waals surface area contributed by atoms with E-state index in [1.807, 2.05) is 18.2 Å². The van der Waals surface area contributed by atoms with Crippen molar-refractivity contribution >= 4 is 20.3 Å². The average molecular weight is 430 g/mol. The molecule has 1 aromatic rings. The zero-order valence-corrected chi connectivity index (χ0v) is 19.4. The molecule has 2 aliphatic rings. The van der Waals surface area contributed by atoms with Crippen LogP contribution in [0.25, 0.3) is 0 Å². The van der Waals surface area contributed by atoms with Gasteiger partial charge in [-0.1, -0.05) is 26.8 Å². The third-order valence-corrected chi connectivity index (χ3v) is 11.1. The fourth-order valence-electron chi connectivity index (χ4n) is 3.85. The van der Waals surface area contributed by atoms with Crippen molar-refractivity contribution in [1.82, 2.24) is 9.80 Å². The van der Waals surface area contributed by atoms with E-state index in [0.717, 1.165) is 23.3 Å². The van der Waals surface area contributed by atoms with Crippen molar-refractivity contribution in [3.05, 3.63) is 29.3 Å². The maximum Gasteiger partial charge on any atom is 0.408 e. The molecule has 7 nitrogen and oxygen atoms in total. The summed E-state index contributed by atoms with van der Waals surface area (Å²) in [6.07, 6.45) is 0.610. The van der Waals surface area contributed by atoms with Crippen molar-refractivity contribution in [3.63, 3.8) is 0 Å². The monoisotopic (exact) mass is 429 g/mol. The van der Waals surface area contributed by atoms with E-state index >= 15 is 0 Å². The Morgan fingerprint density at radius 1 is 1.23 bits per heavy atom. The highest BCUT2D eigenvalue weighted by Gasteiger charge is 2.41. The Kier molecular flexibility index (Phi) is 5.87. The van der Waals surface area contributed by atoms with Gasteiger partial charge in [0.25, 0.3) is 0 Å². The number of carbonyl (C=O) groups is 2. The van der Waals surface area contributed by atoms with Crippen LogP contribution < -0.4 is 4.43 Å². The molecule has 2 heterocycles. The molecule has 0 unspecified atom stereocenters. The smallest absolute Gasteiger partial charge is 0.408 e. The van der Waals surface area contributed by atoms with Crippen molar-refractivity contribution in [3.8, 4) is 11.8 Å². The second-order valence-corrected chi connectivity index (χ2v) is 14.5. The predicted octanol–water partition coefficient (Wildman–Crippen LogP) is 3.99. The van der Waals surface area contributed by atoms with E-state index in [1.165, 1.54) is 4.90 Å². The molecule has 0 aliphatic carbocycles. The standard InChI is InChI=1S/C22H31N3O4Si/c1-22(2,3)30(4,5)29-18-9-8-15-12-19(25(21(27)28)14-16(15)11-18)20(26)24-10-6-7-17(24)13-23/h8-9,11,17,19H,6-7,10,12,14H2,1-5H3,(H,27,28)/t17-,19+/m0/s1. The Balaban J connectivity index is 1.86. The van der Waals surface area contributed by atoms with Gasteiger partial charge in [0, 0.05) is 13.0 Å². The summed E-state index contributed by atoms with van der Waals surface area (Å²) in [5.41, 5.74) is 1.83. The van der Waals surface area contributed by atoms with Gasteiger partial charge in [0.1, 0.15) is 17.8 Å². The van der Waals surface area contributed by atoms with E-state index in [0.29, 0.717) is 19.4 Å². The van der Waals surface area contributed by atoms with Gasteiger partial charge in [0.2, 0.25) is 14.2 Å². The van der Waals surface area contributed by atoms with Gasteiger partial charge < -0.3 is 14.4 Å². The molecule has 8 heteroatoms. The summed E-state index contributed by atoms with van der Waals surface area (Å²) in [5, 5.41) is 19.1. The molecule has 1 saturated heterocycles. The van der Waals surface area contributed by atoms with E-state index in [9.17, 15) is 20.0 Å². The van der Waals surface area contributed by atoms with Crippen LogP contribution in [-0.2, 0) is 17.8 Å². The summed E-state index contributed by atoms with van der Waals surface area (Å²) in [4.78, 5) is 27.8. The number of carboxylic acid groups (broad SMARTS) is 1. The quantitative estimate of drug-likeness (QED) is 0.733. The minimum absolute atomic E-state index is 0.0561. The third-order valence-electron chi connectivity index (χ3n) is 6.70. The zero-order chi connectivity index (χ0) is 22.3. The number of rotatable bonds is 3. The van der Waals surface area contributed by atoms with Crippen molar-refractivity contribution < 1.29 is 19.1 Å². The van der Waals surface area contributed by atoms with Crippen LogP contribution in [0.4, 0.5) is 4.79 Å². The second-order valence-electron chi connectivity index (χ2n) is 9.74. The zero-order valence-electron chi connectivity index (χ0n) is 18.4. The summed E-state index contributed by atoms with van der Waals surface area (Å²) in [6, 6.07) is 6.69. The Morgan fingerprint density at radius 2 is 1.93 bits per heavy atom. The highest BCUT2D eigenvalue weighted by Crippen LogP contribution is 2.38. The summed E-state index contributed by atoms with van der Waals surface area (Å²) in [6.45, 7) is 11.5. The van der Waals surface area contributed by atoms with Crippen LogP contribution >= 0.6 is 0 Å². The second kappa shape index (κ2) is 7.95. The maximum absolute atomic E-state index is 13.1. The molecule has 0 saturated carbocycles. The van der Waals surface area contributed by atoms with Crippen LogP contribution in [0.5, 0.6) is 5.75 Å². The maximum atomic E-state index is 13.1. The highest BCUT2D eigenvalue weighted by molar-refractivity contribution is 6.74. The van der Waals surface area contributed by atoms with Gasteiger partial charge in [-0.05, 0) is 54.2 Å². The van der Waals surface area contributed by atoms with Gasteiger partial charge in [-0.15, -0.1) is 0 Å². The van der Waals surface area contributed by atoms with Gasteiger partial charge in [-0.2, -0.15) is 5.26 Å². The highest BCUT2D eigenvalue weighted by atomic mass is 28.4. The first-order valence-corrected chi connectivity index (χ1v) is 13.4. The minimum Gasteiger partial charge on any atom is -0.543 e. The van der Waals surface area contributed by atoms with Gasteiger partial charge >= 0.3 is 6.09 Å². The predicted molar refractivity (Wildman–Crippen MR) is 116 cm³/mol. The number of hydrogen-bond acceptors (Lipinski definition) is 4. The molecule has 162 valence electrons. The Labute approximate surface area is 179 Å². The third kappa shape index (κ3) is 4.17. The topological polar surface area (TPSA) is 93.9 Å². The first-order chi connectivity index (χ1) is 13.9. The van der Waals surface area contributed by atoms with Crippen LogP contribution in [0, 0.1) is 11.3 Å². The number of likely N-dealkylation sites (tertiary alicyclic amines) is 1. The number of amides is 2. The lowest BCUT2D eigenvalue weighted by Crippen LogP contribution is -2.54. The SMILES string of the molecule is CC(C)(C)[Si](C)(C)Oc1ccc2c(c1)CN(C(=O)O)[C@@H](C(=O)N1CCC[C@H]1C#N)C2. The Bertz CT molecular complexity index is 887. The van der Waals surface area contributed by atoms with Crippen molar-refractivity contribution in [2.75, 3.05) is 6.54 Å². The van der Waals surface area contributed by atoms with Gasteiger partial charge in [-0.3, -0.25) is 9.69 Å². The van der Waals surface area contributed by atoms with Gasteiger partial charge in [0.05, 0.1) is 12.6 Å². The molecule has 2 atom stereocenters. The Hall–Kier alpha value is -2.53. The minimum atomic E-state index is -2.01. The lowest BCUT2D eigenvalue weighted by molar-refractivity contribution is -0.136. The number of nitriles is 1. The molecule has 0 spiro atoms. The van der Waals surface area contributed by atoms with E-state index < -0.39 is 26.5 Å². The molecule has 30 heavy (non-hydrogen) atoms. The molecule has 0 radical (unpaired) electrons. The van der Waals surface area contributed by atoms with Crippen LogP contribution in [0.3, 0.4) is 0 Å². The normalized spacial score (nSPS) is 21.7. The van der Waals surface area contributed by atoms with Crippen LogP contribution in [-0.4, -0.2) is 53.9 Å². The lowest BCUT2D eigenvalue weighted by Gasteiger charge is -2.38. The van der Waals surface area contributed by atoms with Crippen molar-refractivity contribution in [1.29, 1.82) is 5.26 Å². The number of hydrogen-bond donors (Lipinski definition) is 1. The van der Waals surface area contributed by atoms with Crippen molar-refractivity contribution in [2.45, 2.75) is 76.8 Å². The van der Waals surface area contributed by atoms with Crippen LogP contribution in [0.1, 0.15) is 44.7 Å². The summed E-state index contributed by atoms with van der Waals surface area (Å²) < 4.78 is 6.37. The van der Waals surface area contributed by atoms with Crippen molar-refractivity contribution in [2.24, 2.45) is 0 Å². The number of carbonyl (C=O) groups excluding carboxylic acids is 1. The summed E-state index contributed by atoms with van der Waals surface area (Å²) in [7, 11) is -2.01. The molecule has 1 fully saturated rings. The first kappa shape index (κ1) is 22.2. The largest absolute Gasteiger partial charge is 0.543 e. The van der Waals surface area contributed by atoms with Crippen LogP contribution in [0.2, 0.25) is 18.1 Å². The molecule has 3 rings (SSSR count). The van der Waals surface area contributed by atoms with E-state index in [-0.39, 0.29) is 17.5 Å². The van der Waals surface area contributed by atoms with E-state index in [2.05, 4.69) is 39.9 Å². The molecule has 0 aromatic heterocycles. The summed E-state index contributed by atoms with van der Waals surface area (Å²) in [5.74, 6) is 0.480. The molecule has 2 amide bonds. The average Bonchev–Trinajstić information content (AvgIpc) is 3.13. The first-order valence-electron chi connectivity index (χ1n) is 10.4. The molecular weight excluding hydrogens is 398 g/mol. The number of benzene rings is 1. The summed E-state index contributed by atoms with van der Waals surface area (Å²) >= 11 is 0. The lowest BCUT2D eigenvalue weighted by atomic mass is 9.93. The van der Waals surface area contributed by atoms with E-state index in [1.54, 1.807) is 4.90 Å². The molecular formula is C22H31N3O4Si. The molecule has 2 aliphatic heterocycles. The Morgan fingerprint density at radius 3 is 2.53 bits per heavy atom. The molecule has 1 N–H and O–H groups in total. The van der Waals surface area contributed by atoms with E-state index in [4.69, 9.17) is 4.43 Å². The van der Waals surface area contributed by atoms with Gasteiger partial charge in [-0.25, -0.2) is 4.79 Å². The number of fused-ring (bicyclic) bond motifs is 1.